The topological polar surface area (TPSA) is 41.3 Å². The minimum atomic E-state index is 0.717. The van der Waals surface area contributed by atoms with Gasteiger partial charge in [0.2, 0.25) is 0 Å². The lowest BCUT2D eigenvalue weighted by Gasteiger charge is -2.41. The zero-order valence-corrected chi connectivity index (χ0v) is 8.15. The van der Waals surface area contributed by atoms with Gasteiger partial charge in [-0.2, -0.15) is 0 Å². The molecule has 2 aliphatic rings. The number of nitrogens with zero attached hydrogens (tertiary/aromatic N) is 1. The summed E-state index contributed by atoms with van der Waals surface area (Å²) in [6.45, 7) is 4.89. The second-order valence-corrected chi connectivity index (χ2v) is 4.62. The Morgan fingerprint density at radius 1 is 1.25 bits per heavy atom. The van der Waals surface area contributed by atoms with Crippen LogP contribution in [0.5, 0.6) is 0 Å². The Balaban J connectivity index is 1.74. The molecular weight excluding hydrogens is 170 g/mol. The molecule has 0 aromatic heterocycles. The summed E-state index contributed by atoms with van der Waals surface area (Å²) in [5.74, 6) is 0. The van der Waals surface area contributed by atoms with Crippen LogP contribution in [0.25, 0.3) is 0 Å². The molecule has 3 nitrogen and oxygen atoms in total. The van der Waals surface area contributed by atoms with Gasteiger partial charge in [-0.15, -0.1) is 0 Å². The Hall–Kier alpha value is 0.230. The van der Waals surface area contributed by atoms with Crippen molar-refractivity contribution >= 4 is 11.9 Å². The smallest absolute Gasteiger partial charge is 0.0345 e. The first-order chi connectivity index (χ1) is 5.90. The minimum Gasteiger partial charge on any atom is -0.314 e. The predicted molar refractivity (Wildman–Crippen MR) is 53.0 cm³/mol. The molecule has 0 unspecified atom stereocenters. The van der Waals surface area contributed by atoms with Crippen molar-refractivity contribution < 1.29 is 0 Å². The number of nitrogens with two attached hydrogens (primary N) is 1. The highest BCUT2D eigenvalue weighted by Crippen LogP contribution is 2.21. The second-order valence-electron chi connectivity index (χ2n) is 3.68. The maximum absolute atomic E-state index is 5.56. The van der Waals surface area contributed by atoms with Crippen LogP contribution in [0, 0.1) is 0 Å². The largest absolute Gasteiger partial charge is 0.314 e. The third kappa shape index (κ3) is 1.76. The molecule has 12 heavy (non-hydrogen) atoms. The number of rotatable bonds is 2. The lowest BCUT2D eigenvalue weighted by Crippen LogP contribution is -2.59. The first-order valence-corrected chi connectivity index (χ1v) is 5.64. The molecule has 2 aliphatic heterocycles. The van der Waals surface area contributed by atoms with Gasteiger partial charge in [-0.1, -0.05) is 11.9 Å². The second kappa shape index (κ2) is 3.96. The van der Waals surface area contributed by atoms with E-state index in [-0.39, 0.29) is 0 Å². The van der Waals surface area contributed by atoms with E-state index in [1.165, 1.54) is 39.0 Å². The maximum atomic E-state index is 5.56. The van der Waals surface area contributed by atoms with Crippen LogP contribution in [0.15, 0.2) is 0 Å². The molecule has 0 bridgehead atoms. The van der Waals surface area contributed by atoms with Crippen LogP contribution >= 0.6 is 11.9 Å². The van der Waals surface area contributed by atoms with Crippen LogP contribution in [0.2, 0.25) is 0 Å². The monoisotopic (exact) mass is 187 g/mol. The van der Waals surface area contributed by atoms with Crippen molar-refractivity contribution in [1.29, 1.82) is 0 Å². The van der Waals surface area contributed by atoms with E-state index in [4.69, 9.17) is 5.14 Å². The molecule has 0 radical (unpaired) electrons. The molecule has 4 heteroatoms. The Morgan fingerprint density at radius 2 is 1.92 bits per heavy atom. The molecule has 2 fully saturated rings. The van der Waals surface area contributed by atoms with E-state index in [9.17, 15) is 0 Å². The van der Waals surface area contributed by atoms with E-state index >= 15 is 0 Å². The molecule has 3 N–H and O–H groups in total. The van der Waals surface area contributed by atoms with Gasteiger partial charge in [0.05, 0.1) is 0 Å². The highest BCUT2D eigenvalue weighted by atomic mass is 32.2. The van der Waals surface area contributed by atoms with E-state index in [1.54, 1.807) is 11.9 Å². The van der Waals surface area contributed by atoms with Crippen LogP contribution in [0.1, 0.15) is 12.8 Å². The fourth-order valence-corrected chi connectivity index (χ4v) is 2.39. The molecule has 0 aliphatic carbocycles. The predicted octanol–water partition coefficient (Wildman–Crippen LogP) is 0.0295. The highest BCUT2D eigenvalue weighted by Gasteiger charge is 2.28. The molecule has 0 aromatic rings. The molecule has 2 rings (SSSR count). The summed E-state index contributed by atoms with van der Waals surface area (Å²) in [5, 5.41) is 9.59. The number of nitrogens with one attached hydrogen (secondary N) is 1. The summed E-state index contributed by atoms with van der Waals surface area (Å²) in [7, 11) is 0. The average Bonchev–Trinajstić information content (AvgIpc) is 2.03. The quantitative estimate of drug-likeness (QED) is 0.599. The van der Waals surface area contributed by atoms with Gasteiger partial charge in [0, 0.05) is 24.4 Å². The van der Waals surface area contributed by atoms with Crippen molar-refractivity contribution in [3.8, 4) is 0 Å². The maximum Gasteiger partial charge on any atom is 0.0345 e. The van der Waals surface area contributed by atoms with Crippen LogP contribution in [0.4, 0.5) is 0 Å². The fraction of sp³-hybridized carbons (Fsp3) is 1.00. The van der Waals surface area contributed by atoms with Gasteiger partial charge in [-0.3, -0.25) is 10.0 Å². The van der Waals surface area contributed by atoms with Crippen molar-refractivity contribution in [2.75, 3.05) is 26.2 Å². The van der Waals surface area contributed by atoms with Gasteiger partial charge in [0.15, 0.2) is 0 Å². The van der Waals surface area contributed by atoms with Crippen molar-refractivity contribution in [3.05, 3.63) is 0 Å². The van der Waals surface area contributed by atoms with Gasteiger partial charge in [0.1, 0.15) is 0 Å². The van der Waals surface area contributed by atoms with Crippen molar-refractivity contribution in [3.63, 3.8) is 0 Å². The number of likely N-dealkylation sites (tertiary alicyclic amines) is 1. The summed E-state index contributed by atoms with van der Waals surface area (Å²) in [6.07, 6.45) is 2.55. The van der Waals surface area contributed by atoms with Crippen molar-refractivity contribution in [1.82, 2.24) is 10.2 Å². The number of piperidine rings is 1. The zero-order valence-electron chi connectivity index (χ0n) is 7.33. The van der Waals surface area contributed by atoms with E-state index < -0.39 is 0 Å². The average molecular weight is 187 g/mol. The standard InChI is InChI=1S/C8H17N3S/c9-12-8-1-3-11(4-2-8)7-5-10-6-7/h7-8,10H,1-6,9H2. The molecule has 0 saturated carbocycles. The Morgan fingerprint density at radius 3 is 2.33 bits per heavy atom. The van der Waals surface area contributed by atoms with Gasteiger partial charge in [0.25, 0.3) is 0 Å². The molecule has 0 spiro atoms. The first kappa shape index (κ1) is 8.81. The molecule has 2 heterocycles. The molecule has 2 saturated heterocycles. The molecule has 0 atom stereocenters. The van der Waals surface area contributed by atoms with Crippen LogP contribution < -0.4 is 10.5 Å². The normalized spacial score (nSPS) is 28.8. The lowest BCUT2D eigenvalue weighted by atomic mass is 10.0. The molecular formula is C8H17N3S. The Bertz CT molecular complexity index is 141. The van der Waals surface area contributed by atoms with Gasteiger partial charge in [-0.05, 0) is 25.9 Å². The SMILES string of the molecule is NSC1CCN(C2CNC2)CC1. The molecule has 0 amide bonds. The fourth-order valence-electron chi connectivity index (χ4n) is 1.91. The van der Waals surface area contributed by atoms with Crippen LogP contribution in [0.3, 0.4) is 0 Å². The Labute approximate surface area is 78.2 Å². The van der Waals surface area contributed by atoms with Crippen LogP contribution in [-0.2, 0) is 0 Å². The number of hydrogen-bond acceptors (Lipinski definition) is 4. The number of hydrogen-bond donors (Lipinski definition) is 2. The first-order valence-electron chi connectivity index (χ1n) is 4.70. The molecule has 70 valence electrons. The van der Waals surface area contributed by atoms with Gasteiger partial charge < -0.3 is 5.32 Å². The van der Waals surface area contributed by atoms with Gasteiger partial charge >= 0.3 is 0 Å². The van der Waals surface area contributed by atoms with Crippen molar-refractivity contribution in [2.45, 2.75) is 24.1 Å². The zero-order chi connectivity index (χ0) is 8.39. The van der Waals surface area contributed by atoms with E-state index in [2.05, 4.69) is 10.2 Å². The summed E-state index contributed by atoms with van der Waals surface area (Å²) < 4.78 is 0. The van der Waals surface area contributed by atoms with Crippen molar-refractivity contribution in [2.24, 2.45) is 5.14 Å². The minimum absolute atomic E-state index is 0.717. The Kier molecular flexibility index (Phi) is 2.91. The summed E-state index contributed by atoms with van der Waals surface area (Å²) in [6, 6.07) is 0.828. The van der Waals surface area contributed by atoms with E-state index in [1.807, 2.05) is 0 Å². The van der Waals surface area contributed by atoms with E-state index in [0.29, 0.717) is 5.25 Å². The lowest BCUT2D eigenvalue weighted by molar-refractivity contribution is 0.123. The van der Waals surface area contributed by atoms with Crippen LogP contribution in [-0.4, -0.2) is 42.4 Å². The summed E-state index contributed by atoms with van der Waals surface area (Å²) in [4.78, 5) is 2.60. The van der Waals surface area contributed by atoms with E-state index in [0.717, 1.165) is 6.04 Å². The third-order valence-electron chi connectivity index (χ3n) is 2.95. The summed E-state index contributed by atoms with van der Waals surface area (Å²) >= 11 is 1.54. The summed E-state index contributed by atoms with van der Waals surface area (Å²) in [5.41, 5.74) is 0. The highest BCUT2D eigenvalue weighted by molar-refractivity contribution is 7.97. The molecule has 0 aromatic carbocycles. The van der Waals surface area contributed by atoms with Gasteiger partial charge in [-0.25, -0.2) is 0 Å². The third-order valence-corrected chi connectivity index (χ3v) is 3.80.